The first-order valence-corrected chi connectivity index (χ1v) is 31.9. The summed E-state index contributed by atoms with van der Waals surface area (Å²) in [7, 11) is 0. The number of hydrogen-bond donors (Lipinski definition) is 0. The minimum absolute atomic E-state index is 0.0547. The van der Waals surface area contributed by atoms with E-state index in [1.54, 1.807) is 0 Å². The first-order chi connectivity index (χ1) is 48.8. The third kappa shape index (κ3) is 9.39. The largest absolute Gasteiger partial charge is 0.310 e. The van der Waals surface area contributed by atoms with Crippen molar-refractivity contribution in [1.82, 2.24) is 0 Å². The maximum absolute atomic E-state index is 9.63. The van der Waals surface area contributed by atoms with E-state index in [0.29, 0.717) is 16.8 Å². The van der Waals surface area contributed by atoms with Crippen LogP contribution in [0.3, 0.4) is 0 Å². The van der Waals surface area contributed by atoms with Gasteiger partial charge in [0.1, 0.15) is 0 Å². The lowest BCUT2D eigenvalue weighted by Gasteiger charge is -2.46. The van der Waals surface area contributed by atoms with E-state index < -0.39 is 43.0 Å². The molecule has 3 aliphatic rings. The molecule has 92 heavy (non-hydrogen) atoms. The van der Waals surface area contributed by atoms with Gasteiger partial charge in [-0.2, -0.15) is 0 Å². The molecule has 3 heteroatoms. The van der Waals surface area contributed by atoms with Crippen LogP contribution in [0.15, 0.2) is 297 Å². The first-order valence-electron chi connectivity index (χ1n) is 36.9. The molecular formula is C89H73BN2. The van der Waals surface area contributed by atoms with Crippen molar-refractivity contribution in [2.24, 2.45) is 0 Å². The van der Waals surface area contributed by atoms with Gasteiger partial charge in [-0.05, 0) is 165 Å². The van der Waals surface area contributed by atoms with E-state index in [4.69, 9.17) is 8.22 Å². The third-order valence-electron chi connectivity index (χ3n) is 19.3. The summed E-state index contributed by atoms with van der Waals surface area (Å²) in [6.45, 7) is 17.4. The molecule has 0 saturated carbocycles. The van der Waals surface area contributed by atoms with Gasteiger partial charge >= 0.3 is 0 Å². The zero-order valence-corrected chi connectivity index (χ0v) is 53.0. The summed E-state index contributed by atoms with van der Waals surface area (Å²) in [4.78, 5) is 4.84. The smallest absolute Gasteiger partial charge is 0.252 e. The highest BCUT2D eigenvalue weighted by atomic mass is 15.2. The van der Waals surface area contributed by atoms with Gasteiger partial charge in [-0.3, -0.25) is 0 Å². The van der Waals surface area contributed by atoms with E-state index in [0.717, 1.165) is 123 Å². The fraction of sp³-hybridized carbons (Fsp3) is 0.124. The SMILES string of the molecule is [2H]c1c([2H])c([2H])c(-c2ccc3c(c2)B2c4ccc(-c5c([2H])c([2H])c([2H])c([2H])c5[2H])cc4N(c4c(-c5ccccc5)cc(C(C)(C)C)cc4-c4ccccc4)c4cc(-c5cccc6c5-c5ccccc5C6(C)C)cc(c42)N3c2c(-c3ccccc3)cc(C(C)(C)C)cc2-c2ccccc2)c([2H])c1[2H]. The minimum Gasteiger partial charge on any atom is -0.310 e. The van der Waals surface area contributed by atoms with Crippen LogP contribution in [0.1, 0.15) is 91.4 Å². The summed E-state index contributed by atoms with van der Waals surface area (Å²) in [6, 6.07) is 79.5. The Morgan fingerprint density at radius 2 is 0.717 bits per heavy atom. The van der Waals surface area contributed by atoms with E-state index in [1.807, 2.05) is 48.5 Å². The molecule has 0 spiro atoms. The van der Waals surface area contributed by atoms with Crippen molar-refractivity contribution in [3.05, 3.63) is 319 Å². The molecule has 0 amide bonds. The highest BCUT2D eigenvalue weighted by molar-refractivity contribution is 7.00. The molecule has 0 N–H and O–H groups in total. The van der Waals surface area contributed by atoms with Crippen LogP contribution in [0, 0.1) is 0 Å². The first kappa shape index (κ1) is 46.6. The minimum atomic E-state index is -0.690. The second kappa shape index (κ2) is 21.9. The van der Waals surface area contributed by atoms with Gasteiger partial charge in [0, 0.05) is 50.4 Å². The summed E-state index contributed by atoms with van der Waals surface area (Å²) >= 11 is 0. The average Bonchev–Trinajstić information content (AvgIpc) is 0.697. The molecule has 0 radical (unpaired) electrons. The van der Waals surface area contributed by atoms with Crippen LogP contribution in [0.2, 0.25) is 0 Å². The molecule has 0 aromatic heterocycles. The molecule has 442 valence electrons. The molecule has 0 bridgehead atoms. The van der Waals surface area contributed by atoms with Crippen LogP contribution in [0.5, 0.6) is 0 Å². The number of nitrogens with zero attached hydrogens (tertiary/aromatic N) is 2. The van der Waals surface area contributed by atoms with Gasteiger partial charge in [0.25, 0.3) is 6.71 Å². The van der Waals surface area contributed by atoms with Gasteiger partial charge in [0.05, 0.1) is 25.1 Å². The molecule has 16 rings (SSSR count). The third-order valence-corrected chi connectivity index (χ3v) is 19.3. The summed E-state index contributed by atoms with van der Waals surface area (Å²) in [5.41, 5.74) is 23.9. The Balaban J connectivity index is 1.16. The molecule has 0 unspecified atom stereocenters. The van der Waals surface area contributed by atoms with Crippen molar-refractivity contribution < 1.29 is 13.7 Å². The summed E-state index contributed by atoms with van der Waals surface area (Å²) < 4.78 is 92.4. The van der Waals surface area contributed by atoms with Gasteiger partial charge in [0.15, 0.2) is 0 Å². The monoisotopic (exact) mass is 1190 g/mol. The van der Waals surface area contributed by atoms with Crippen molar-refractivity contribution in [1.29, 1.82) is 0 Å². The van der Waals surface area contributed by atoms with Crippen LogP contribution in [0.25, 0.3) is 89.0 Å². The molecule has 0 atom stereocenters. The van der Waals surface area contributed by atoms with Crippen molar-refractivity contribution in [2.45, 2.75) is 71.6 Å². The lowest BCUT2D eigenvalue weighted by molar-refractivity contribution is 0.590. The lowest BCUT2D eigenvalue weighted by atomic mass is 9.33. The Kier molecular flexibility index (Phi) is 11.1. The van der Waals surface area contributed by atoms with Crippen LogP contribution >= 0.6 is 0 Å². The van der Waals surface area contributed by atoms with E-state index in [1.165, 1.54) is 11.1 Å². The number of hydrogen-bond acceptors (Lipinski definition) is 2. The van der Waals surface area contributed by atoms with Gasteiger partial charge < -0.3 is 9.80 Å². The second-order valence-electron chi connectivity index (χ2n) is 27.3. The molecule has 0 saturated heterocycles. The highest BCUT2D eigenvalue weighted by Crippen LogP contribution is 2.58. The highest BCUT2D eigenvalue weighted by Gasteiger charge is 2.47. The van der Waals surface area contributed by atoms with Crippen LogP contribution < -0.4 is 26.2 Å². The number of anilines is 6. The van der Waals surface area contributed by atoms with Gasteiger partial charge in [-0.25, -0.2) is 0 Å². The Bertz CT molecular complexity index is 5470. The van der Waals surface area contributed by atoms with Crippen molar-refractivity contribution in [3.8, 4) is 89.0 Å². The molecular weight excluding hydrogens is 1110 g/mol. The number of fused-ring (bicyclic) bond motifs is 7. The molecule has 2 nitrogen and oxygen atoms in total. The zero-order valence-electron chi connectivity index (χ0n) is 63.0. The summed E-state index contributed by atoms with van der Waals surface area (Å²) in [5.74, 6) is 0. The van der Waals surface area contributed by atoms with Crippen molar-refractivity contribution in [2.75, 3.05) is 9.80 Å². The van der Waals surface area contributed by atoms with Crippen LogP contribution in [-0.2, 0) is 16.2 Å². The molecule has 2 aliphatic heterocycles. The van der Waals surface area contributed by atoms with E-state index in [2.05, 4.69) is 253 Å². The molecule has 13 aromatic carbocycles. The van der Waals surface area contributed by atoms with Gasteiger partial charge in [-0.15, -0.1) is 0 Å². The maximum atomic E-state index is 9.63. The van der Waals surface area contributed by atoms with Crippen LogP contribution in [0.4, 0.5) is 34.1 Å². The molecule has 2 heterocycles. The standard InChI is InChI=1S/C89H73BN2/c1-87(2,3)67-54-71(60-34-19-11-20-35-60)85(72(55-67)61-36-21-12-22-37-61)91-79-49-47-64(58-30-15-9-16-31-58)50-78(79)90-77-48-46-65(59-32-17-10-18-33-59)51-80(77)92(86-73(62-38-23-13-24-39-62)56-68(88(4,5)6)57-74(86)63-40-25-14-26-41-63)82-53-66(52-81(91)84(82)90)69-43-29-45-76-83(69)70-42-27-28-44-75(70)89(76,7)8/h9-57H,1-8H3/i9D,10D,15D,16D,17D,18D,30D,31D,32D,33D. The second-order valence-corrected chi connectivity index (χ2v) is 27.3. The molecule has 13 aromatic rings. The number of benzene rings is 13. The van der Waals surface area contributed by atoms with E-state index in [9.17, 15) is 5.48 Å². The quantitative estimate of drug-likeness (QED) is 0.133. The Morgan fingerprint density at radius 3 is 1.20 bits per heavy atom. The van der Waals surface area contributed by atoms with Gasteiger partial charge in [0.2, 0.25) is 0 Å². The molecule has 0 fully saturated rings. The zero-order chi connectivity index (χ0) is 71.3. The fourth-order valence-electron chi connectivity index (χ4n) is 14.7. The Morgan fingerprint density at radius 1 is 0.315 bits per heavy atom. The van der Waals surface area contributed by atoms with Gasteiger partial charge in [-0.1, -0.05) is 304 Å². The van der Waals surface area contributed by atoms with E-state index in [-0.39, 0.29) is 51.5 Å². The number of rotatable bonds is 9. The Labute approximate surface area is 558 Å². The topological polar surface area (TPSA) is 6.48 Å². The fourth-order valence-corrected chi connectivity index (χ4v) is 14.7. The molecule has 1 aliphatic carbocycles. The predicted octanol–water partition coefficient (Wildman–Crippen LogP) is 22.3. The maximum Gasteiger partial charge on any atom is 0.252 e. The average molecular weight is 1190 g/mol. The van der Waals surface area contributed by atoms with Crippen LogP contribution in [-0.4, -0.2) is 6.71 Å². The summed E-state index contributed by atoms with van der Waals surface area (Å²) in [5, 5.41) is 0. The van der Waals surface area contributed by atoms with E-state index >= 15 is 0 Å². The van der Waals surface area contributed by atoms with Crippen molar-refractivity contribution in [3.63, 3.8) is 0 Å². The van der Waals surface area contributed by atoms with Crippen molar-refractivity contribution >= 4 is 57.2 Å². The Hall–Kier alpha value is -10.5. The summed E-state index contributed by atoms with van der Waals surface area (Å²) in [6.07, 6.45) is 0. The normalized spacial score (nSPS) is 15.0. The lowest BCUT2D eigenvalue weighted by Crippen LogP contribution is -2.61. The predicted molar refractivity (Wildman–Crippen MR) is 393 cm³/mol.